The minimum Gasteiger partial charge on any atom is -0.374 e. The van der Waals surface area contributed by atoms with Crippen LogP contribution < -0.4 is 5.32 Å². The monoisotopic (exact) mass is 241 g/mol. The van der Waals surface area contributed by atoms with Gasteiger partial charge < -0.3 is 10.1 Å². The lowest BCUT2D eigenvalue weighted by Crippen LogP contribution is -2.42. The van der Waals surface area contributed by atoms with Gasteiger partial charge in [-0.2, -0.15) is 0 Å². The zero-order valence-electron chi connectivity index (χ0n) is 12.5. The number of rotatable bonds is 4. The second-order valence-electron chi connectivity index (χ2n) is 7.12. The molecule has 3 atom stereocenters. The average Bonchev–Trinajstić information content (AvgIpc) is 2.11. The SMILES string of the molecule is CC1CC(C)CC(OC(C)CNC(C)(C)C)C1. The molecule has 1 aliphatic carbocycles. The van der Waals surface area contributed by atoms with Crippen molar-refractivity contribution in [3.63, 3.8) is 0 Å². The molecule has 0 radical (unpaired) electrons. The summed E-state index contributed by atoms with van der Waals surface area (Å²) >= 11 is 0. The van der Waals surface area contributed by atoms with Crippen molar-refractivity contribution in [2.75, 3.05) is 6.54 Å². The van der Waals surface area contributed by atoms with Gasteiger partial charge >= 0.3 is 0 Å². The minimum absolute atomic E-state index is 0.185. The Kier molecular flexibility index (Phi) is 5.46. The molecule has 0 aromatic rings. The lowest BCUT2D eigenvalue weighted by Gasteiger charge is -2.34. The van der Waals surface area contributed by atoms with E-state index in [2.05, 4.69) is 46.9 Å². The Morgan fingerprint density at radius 1 is 1.12 bits per heavy atom. The molecule has 102 valence electrons. The maximum atomic E-state index is 6.16. The van der Waals surface area contributed by atoms with Crippen molar-refractivity contribution in [1.82, 2.24) is 5.32 Å². The quantitative estimate of drug-likeness (QED) is 0.812. The van der Waals surface area contributed by atoms with Crippen LogP contribution in [0.1, 0.15) is 60.8 Å². The zero-order chi connectivity index (χ0) is 13.1. The molecule has 1 aliphatic rings. The highest BCUT2D eigenvalue weighted by molar-refractivity contribution is 4.77. The van der Waals surface area contributed by atoms with E-state index in [-0.39, 0.29) is 5.54 Å². The molecule has 0 saturated heterocycles. The van der Waals surface area contributed by atoms with Crippen molar-refractivity contribution in [3.05, 3.63) is 0 Å². The Morgan fingerprint density at radius 3 is 2.12 bits per heavy atom. The summed E-state index contributed by atoms with van der Waals surface area (Å²) < 4.78 is 6.16. The standard InChI is InChI=1S/C15H31NO/c1-11-7-12(2)9-14(8-11)17-13(3)10-16-15(4,5)6/h11-14,16H,7-10H2,1-6H3. The molecule has 0 aromatic carbocycles. The van der Waals surface area contributed by atoms with Crippen LogP contribution in [0, 0.1) is 11.8 Å². The lowest BCUT2D eigenvalue weighted by atomic mass is 9.82. The second-order valence-corrected chi connectivity index (χ2v) is 7.12. The Labute approximate surface area is 108 Å². The summed E-state index contributed by atoms with van der Waals surface area (Å²) in [7, 11) is 0. The van der Waals surface area contributed by atoms with Crippen molar-refractivity contribution in [1.29, 1.82) is 0 Å². The van der Waals surface area contributed by atoms with Crippen LogP contribution in [0.3, 0.4) is 0 Å². The summed E-state index contributed by atoms with van der Waals surface area (Å²) in [6.45, 7) is 14.4. The first-order valence-corrected chi connectivity index (χ1v) is 7.16. The minimum atomic E-state index is 0.185. The third kappa shape index (κ3) is 6.42. The third-order valence-electron chi connectivity index (χ3n) is 3.48. The van der Waals surface area contributed by atoms with Gasteiger partial charge in [0.2, 0.25) is 0 Å². The van der Waals surface area contributed by atoms with Crippen molar-refractivity contribution < 1.29 is 4.74 Å². The molecule has 1 N–H and O–H groups in total. The molecule has 2 heteroatoms. The van der Waals surface area contributed by atoms with Crippen LogP contribution in [0.2, 0.25) is 0 Å². The highest BCUT2D eigenvalue weighted by atomic mass is 16.5. The molecule has 0 aliphatic heterocycles. The summed E-state index contributed by atoms with van der Waals surface area (Å²) in [5, 5.41) is 3.51. The Morgan fingerprint density at radius 2 is 1.65 bits per heavy atom. The third-order valence-corrected chi connectivity index (χ3v) is 3.48. The maximum absolute atomic E-state index is 6.16. The second kappa shape index (κ2) is 6.19. The van der Waals surface area contributed by atoms with Crippen LogP contribution in [-0.4, -0.2) is 24.3 Å². The van der Waals surface area contributed by atoms with Gasteiger partial charge in [-0.05, 0) is 58.8 Å². The number of nitrogens with one attached hydrogen (secondary N) is 1. The Bertz CT molecular complexity index is 211. The molecule has 0 spiro atoms. The first-order valence-electron chi connectivity index (χ1n) is 7.16. The Hall–Kier alpha value is -0.0800. The zero-order valence-corrected chi connectivity index (χ0v) is 12.5. The molecular weight excluding hydrogens is 210 g/mol. The molecule has 0 bridgehead atoms. The van der Waals surface area contributed by atoms with Crippen LogP contribution in [-0.2, 0) is 4.74 Å². The summed E-state index contributed by atoms with van der Waals surface area (Å²) in [6.07, 6.45) is 4.64. The smallest absolute Gasteiger partial charge is 0.0675 e. The van der Waals surface area contributed by atoms with Gasteiger partial charge in [0.1, 0.15) is 0 Å². The van der Waals surface area contributed by atoms with E-state index in [9.17, 15) is 0 Å². The van der Waals surface area contributed by atoms with Crippen LogP contribution in [0.15, 0.2) is 0 Å². The van der Waals surface area contributed by atoms with E-state index in [0.29, 0.717) is 12.2 Å². The lowest BCUT2D eigenvalue weighted by molar-refractivity contribution is -0.0417. The van der Waals surface area contributed by atoms with Crippen molar-refractivity contribution >= 4 is 0 Å². The van der Waals surface area contributed by atoms with E-state index in [1.54, 1.807) is 0 Å². The molecule has 1 rings (SSSR count). The largest absolute Gasteiger partial charge is 0.374 e. The molecule has 0 amide bonds. The number of hydrogen-bond donors (Lipinski definition) is 1. The molecule has 3 unspecified atom stereocenters. The molecule has 17 heavy (non-hydrogen) atoms. The van der Waals surface area contributed by atoms with Crippen LogP contribution in [0.5, 0.6) is 0 Å². The summed E-state index contributed by atoms with van der Waals surface area (Å²) in [5.41, 5.74) is 0.185. The number of ether oxygens (including phenoxy) is 1. The fourth-order valence-corrected chi connectivity index (χ4v) is 2.81. The van der Waals surface area contributed by atoms with Gasteiger partial charge in [0, 0.05) is 12.1 Å². The van der Waals surface area contributed by atoms with Gasteiger partial charge in [-0.1, -0.05) is 13.8 Å². The fourth-order valence-electron chi connectivity index (χ4n) is 2.81. The van der Waals surface area contributed by atoms with Crippen molar-refractivity contribution in [2.24, 2.45) is 11.8 Å². The highest BCUT2D eigenvalue weighted by Gasteiger charge is 2.25. The maximum Gasteiger partial charge on any atom is 0.0675 e. The van der Waals surface area contributed by atoms with Gasteiger partial charge in [-0.3, -0.25) is 0 Å². The van der Waals surface area contributed by atoms with E-state index < -0.39 is 0 Å². The molecule has 1 saturated carbocycles. The highest BCUT2D eigenvalue weighted by Crippen LogP contribution is 2.30. The Balaban J connectivity index is 2.28. The normalized spacial score (nSPS) is 32.5. The van der Waals surface area contributed by atoms with Gasteiger partial charge in [-0.15, -0.1) is 0 Å². The molecule has 0 aromatic heterocycles. The molecule has 0 heterocycles. The van der Waals surface area contributed by atoms with Crippen molar-refractivity contribution in [3.8, 4) is 0 Å². The average molecular weight is 241 g/mol. The molecule has 1 fully saturated rings. The van der Waals surface area contributed by atoms with Crippen LogP contribution in [0.25, 0.3) is 0 Å². The first kappa shape index (κ1) is 15.0. The van der Waals surface area contributed by atoms with E-state index >= 15 is 0 Å². The van der Waals surface area contributed by atoms with Crippen LogP contribution in [0.4, 0.5) is 0 Å². The summed E-state index contributed by atoms with van der Waals surface area (Å²) in [4.78, 5) is 0. The van der Waals surface area contributed by atoms with E-state index in [0.717, 1.165) is 18.4 Å². The summed E-state index contributed by atoms with van der Waals surface area (Å²) in [6, 6.07) is 0. The molecular formula is C15H31NO. The van der Waals surface area contributed by atoms with E-state index in [1.807, 2.05) is 0 Å². The van der Waals surface area contributed by atoms with Gasteiger partial charge in [-0.25, -0.2) is 0 Å². The molecule has 2 nitrogen and oxygen atoms in total. The topological polar surface area (TPSA) is 21.3 Å². The predicted molar refractivity (Wildman–Crippen MR) is 74.3 cm³/mol. The van der Waals surface area contributed by atoms with Gasteiger partial charge in [0.15, 0.2) is 0 Å². The van der Waals surface area contributed by atoms with E-state index in [4.69, 9.17) is 4.74 Å². The van der Waals surface area contributed by atoms with Crippen molar-refractivity contribution in [2.45, 2.75) is 78.6 Å². The summed E-state index contributed by atoms with van der Waals surface area (Å²) in [5.74, 6) is 1.65. The fraction of sp³-hybridized carbons (Fsp3) is 1.00. The van der Waals surface area contributed by atoms with Crippen LogP contribution >= 0.6 is 0 Å². The van der Waals surface area contributed by atoms with Gasteiger partial charge in [0.05, 0.1) is 12.2 Å². The van der Waals surface area contributed by atoms with E-state index in [1.165, 1.54) is 19.3 Å². The number of hydrogen-bond acceptors (Lipinski definition) is 2. The predicted octanol–water partition coefficient (Wildman–Crippen LogP) is 3.60. The van der Waals surface area contributed by atoms with Gasteiger partial charge in [0.25, 0.3) is 0 Å². The first-order chi connectivity index (χ1) is 7.76.